The van der Waals surface area contributed by atoms with Gasteiger partial charge in [0.15, 0.2) is 0 Å². The molecule has 2 aliphatic heterocycles. The Bertz CT molecular complexity index is 1220. The van der Waals surface area contributed by atoms with Gasteiger partial charge in [-0.3, -0.25) is 4.31 Å². The third kappa shape index (κ3) is 3.87. The molecule has 2 aliphatic rings. The Balaban J connectivity index is 1.53. The van der Waals surface area contributed by atoms with Gasteiger partial charge in [-0.15, -0.1) is 0 Å². The van der Waals surface area contributed by atoms with Crippen LogP contribution in [0.1, 0.15) is 29.0 Å². The normalized spacial score (nSPS) is 23.0. The van der Waals surface area contributed by atoms with Crippen LogP contribution in [0.4, 0.5) is 5.69 Å². The lowest BCUT2D eigenvalue weighted by atomic mass is 9.75. The van der Waals surface area contributed by atoms with Crippen molar-refractivity contribution >= 4 is 21.8 Å². The molecule has 32 heavy (non-hydrogen) atoms. The molecule has 0 amide bonds. The second kappa shape index (κ2) is 8.57. The molecular formula is C27H27NO3S. The second-order valence-electron chi connectivity index (χ2n) is 8.57. The van der Waals surface area contributed by atoms with E-state index in [2.05, 4.69) is 30.4 Å². The second-order valence-corrected chi connectivity index (χ2v) is 10.4. The highest BCUT2D eigenvalue weighted by Crippen LogP contribution is 2.46. The van der Waals surface area contributed by atoms with Crippen LogP contribution >= 0.6 is 0 Å². The molecule has 164 valence electrons. The van der Waals surface area contributed by atoms with E-state index in [0.29, 0.717) is 18.0 Å². The van der Waals surface area contributed by atoms with Crippen molar-refractivity contribution in [3.05, 3.63) is 102 Å². The molecule has 1 fully saturated rings. The van der Waals surface area contributed by atoms with Crippen molar-refractivity contribution < 1.29 is 13.2 Å². The molecule has 0 spiro atoms. The topological polar surface area (TPSA) is 46.6 Å². The summed E-state index contributed by atoms with van der Waals surface area (Å²) in [6, 6.07) is 25.2. The van der Waals surface area contributed by atoms with Gasteiger partial charge in [0.05, 0.1) is 16.7 Å². The van der Waals surface area contributed by atoms with Crippen molar-refractivity contribution in [3.63, 3.8) is 0 Å². The molecule has 4 nitrogen and oxygen atoms in total. The van der Waals surface area contributed by atoms with Crippen molar-refractivity contribution in [2.45, 2.75) is 30.3 Å². The summed E-state index contributed by atoms with van der Waals surface area (Å²) in [6.07, 6.45) is 4.93. The summed E-state index contributed by atoms with van der Waals surface area (Å²) in [5.41, 5.74) is 4.04. The molecule has 2 heterocycles. The number of benzene rings is 3. The minimum Gasteiger partial charge on any atom is -0.374 e. The molecule has 5 heteroatoms. The lowest BCUT2D eigenvalue weighted by Gasteiger charge is -2.45. The molecule has 3 aromatic rings. The van der Waals surface area contributed by atoms with Crippen LogP contribution in [0, 0.1) is 12.8 Å². The predicted molar refractivity (Wildman–Crippen MR) is 128 cm³/mol. The van der Waals surface area contributed by atoms with E-state index in [4.69, 9.17) is 4.74 Å². The molecule has 0 radical (unpaired) electrons. The van der Waals surface area contributed by atoms with E-state index in [0.717, 1.165) is 28.8 Å². The first-order chi connectivity index (χ1) is 15.5. The molecule has 5 rings (SSSR count). The zero-order chi connectivity index (χ0) is 22.1. The van der Waals surface area contributed by atoms with Crippen LogP contribution < -0.4 is 4.31 Å². The van der Waals surface area contributed by atoms with Gasteiger partial charge in [0.2, 0.25) is 0 Å². The predicted octanol–water partition coefficient (Wildman–Crippen LogP) is 5.41. The van der Waals surface area contributed by atoms with E-state index in [1.807, 2.05) is 55.5 Å². The fourth-order valence-electron chi connectivity index (χ4n) is 4.87. The lowest BCUT2D eigenvalue weighted by Crippen LogP contribution is -2.48. The summed E-state index contributed by atoms with van der Waals surface area (Å²) in [6.45, 7) is 3.03. The van der Waals surface area contributed by atoms with E-state index >= 15 is 0 Å². The molecule has 1 saturated heterocycles. The van der Waals surface area contributed by atoms with Gasteiger partial charge in [0, 0.05) is 19.1 Å². The van der Waals surface area contributed by atoms with Crippen LogP contribution in [0.3, 0.4) is 0 Å². The van der Waals surface area contributed by atoms with Crippen molar-refractivity contribution in [2.75, 3.05) is 17.5 Å². The lowest BCUT2D eigenvalue weighted by molar-refractivity contribution is -0.00688. The van der Waals surface area contributed by atoms with Crippen molar-refractivity contribution in [1.29, 1.82) is 0 Å². The van der Waals surface area contributed by atoms with E-state index < -0.39 is 10.0 Å². The monoisotopic (exact) mass is 445 g/mol. The average Bonchev–Trinajstić information content (AvgIpc) is 2.83. The average molecular weight is 446 g/mol. The first-order valence-electron chi connectivity index (χ1n) is 11.1. The Morgan fingerprint density at radius 2 is 1.66 bits per heavy atom. The maximum atomic E-state index is 13.7. The van der Waals surface area contributed by atoms with Gasteiger partial charge >= 0.3 is 0 Å². The molecule has 0 N–H and O–H groups in total. The molecule has 3 atom stereocenters. The fraction of sp³-hybridized carbons (Fsp3) is 0.259. The molecule has 0 aromatic heterocycles. The Morgan fingerprint density at radius 3 is 2.44 bits per heavy atom. The Labute approximate surface area is 190 Å². The third-order valence-electron chi connectivity index (χ3n) is 6.55. The van der Waals surface area contributed by atoms with Gasteiger partial charge in [-0.1, -0.05) is 78.4 Å². The van der Waals surface area contributed by atoms with Gasteiger partial charge in [0.1, 0.15) is 0 Å². The highest BCUT2D eigenvalue weighted by Gasteiger charge is 2.43. The van der Waals surface area contributed by atoms with Crippen molar-refractivity contribution in [3.8, 4) is 0 Å². The molecule has 0 bridgehead atoms. The summed E-state index contributed by atoms with van der Waals surface area (Å²) < 4.78 is 35.1. The number of fused-ring (bicyclic) bond motifs is 3. The zero-order valence-electron chi connectivity index (χ0n) is 18.1. The number of sulfonamides is 1. The number of nitrogens with zero attached hydrogens (tertiary/aromatic N) is 1. The number of rotatable bonds is 4. The smallest absolute Gasteiger partial charge is 0.264 e. The standard InChI is InChI=1S/C27H27NO3S/c1-20-11-14-22(15-12-20)32(29,30)28-19-25-23(24-9-5-6-10-26(24)28)17-18-31-27(25)16-13-21-7-3-2-4-8-21/h2-16,23,25,27H,17-19H2,1H3/b16-13+. The van der Waals surface area contributed by atoms with E-state index in [9.17, 15) is 8.42 Å². The van der Waals surface area contributed by atoms with E-state index in [-0.39, 0.29) is 17.9 Å². The Kier molecular flexibility index (Phi) is 5.62. The zero-order valence-corrected chi connectivity index (χ0v) is 18.9. The third-order valence-corrected chi connectivity index (χ3v) is 8.34. The van der Waals surface area contributed by atoms with Gasteiger partial charge < -0.3 is 4.74 Å². The number of anilines is 1. The molecular weight excluding hydrogens is 418 g/mol. The molecule has 0 aliphatic carbocycles. The van der Waals surface area contributed by atoms with Gasteiger partial charge in [0.25, 0.3) is 10.0 Å². The summed E-state index contributed by atoms with van der Waals surface area (Å²) in [7, 11) is -3.68. The number of hydrogen-bond acceptors (Lipinski definition) is 3. The van der Waals surface area contributed by atoms with Crippen LogP contribution in [-0.2, 0) is 14.8 Å². The Morgan fingerprint density at radius 1 is 0.938 bits per heavy atom. The van der Waals surface area contributed by atoms with E-state index in [1.54, 1.807) is 16.4 Å². The highest BCUT2D eigenvalue weighted by atomic mass is 32.2. The maximum absolute atomic E-state index is 13.7. The van der Waals surface area contributed by atoms with Crippen LogP contribution in [0.5, 0.6) is 0 Å². The minimum absolute atomic E-state index is 0.0545. The SMILES string of the molecule is Cc1ccc(S(=O)(=O)N2CC3C(/C=C/c4ccccc4)OCCC3c3ccccc32)cc1. The first kappa shape index (κ1) is 21.0. The van der Waals surface area contributed by atoms with Crippen molar-refractivity contribution in [1.82, 2.24) is 0 Å². The van der Waals surface area contributed by atoms with Crippen LogP contribution in [0.15, 0.2) is 89.8 Å². The fourth-order valence-corrected chi connectivity index (χ4v) is 6.39. The molecule has 0 saturated carbocycles. The van der Waals surface area contributed by atoms with Crippen LogP contribution in [-0.4, -0.2) is 27.7 Å². The van der Waals surface area contributed by atoms with Gasteiger partial charge in [-0.25, -0.2) is 8.42 Å². The molecule has 3 aromatic carbocycles. The van der Waals surface area contributed by atoms with Crippen LogP contribution in [0.25, 0.3) is 6.08 Å². The summed E-state index contributed by atoms with van der Waals surface area (Å²) in [5.74, 6) is 0.327. The number of aryl methyl sites for hydroxylation is 1. The van der Waals surface area contributed by atoms with Crippen molar-refractivity contribution in [2.24, 2.45) is 5.92 Å². The number of ether oxygens (including phenoxy) is 1. The van der Waals surface area contributed by atoms with Gasteiger partial charge in [-0.05, 0) is 48.6 Å². The largest absolute Gasteiger partial charge is 0.374 e. The first-order valence-corrected chi connectivity index (χ1v) is 12.5. The van der Waals surface area contributed by atoms with Gasteiger partial charge in [-0.2, -0.15) is 0 Å². The van der Waals surface area contributed by atoms with Crippen LogP contribution in [0.2, 0.25) is 0 Å². The minimum atomic E-state index is -3.68. The maximum Gasteiger partial charge on any atom is 0.264 e. The quantitative estimate of drug-likeness (QED) is 0.540. The molecule has 3 unspecified atom stereocenters. The Hall–Kier alpha value is -2.89. The summed E-state index contributed by atoms with van der Waals surface area (Å²) in [5, 5.41) is 0. The number of hydrogen-bond donors (Lipinski definition) is 0. The van der Waals surface area contributed by atoms with E-state index in [1.165, 1.54) is 0 Å². The highest BCUT2D eigenvalue weighted by molar-refractivity contribution is 7.92. The summed E-state index contributed by atoms with van der Waals surface area (Å²) in [4.78, 5) is 0.324. The summed E-state index contributed by atoms with van der Waals surface area (Å²) >= 11 is 0. The number of para-hydroxylation sites is 1.